The van der Waals surface area contributed by atoms with Crippen molar-refractivity contribution in [1.29, 1.82) is 0 Å². The first-order valence-electron chi connectivity index (χ1n) is 11.0. The number of pyridine rings is 1. The van der Waals surface area contributed by atoms with Gasteiger partial charge in [0.25, 0.3) is 0 Å². The van der Waals surface area contributed by atoms with Crippen molar-refractivity contribution in [3.05, 3.63) is 24.0 Å². The van der Waals surface area contributed by atoms with Gasteiger partial charge in [-0.2, -0.15) is 5.10 Å². The van der Waals surface area contributed by atoms with Crippen LogP contribution in [0.15, 0.2) is 18.3 Å². The Balaban J connectivity index is 1.60. The van der Waals surface area contributed by atoms with Gasteiger partial charge in [0.2, 0.25) is 0 Å². The summed E-state index contributed by atoms with van der Waals surface area (Å²) < 4.78 is 49.4. The second-order valence-electron chi connectivity index (χ2n) is 8.94. The minimum atomic E-state index is -4.84. The van der Waals surface area contributed by atoms with E-state index in [9.17, 15) is 13.2 Å². The maximum absolute atomic E-state index is 12.7. The fraction of sp³-hybridized carbons (Fsp3) is 0.636. The van der Waals surface area contributed by atoms with Gasteiger partial charge in [0.15, 0.2) is 11.6 Å². The highest BCUT2D eigenvalue weighted by Gasteiger charge is 2.53. The quantitative estimate of drug-likeness (QED) is 0.681. The first-order valence-corrected chi connectivity index (χ1v) is 11.0. The van der Waals surface area contributed by atoms with E-state index in [0.717, 1.165) is 38.4 Å². The summed E-state index contributed by atoms with van der Waals surface area (Å²) in [4.78, 5) is 6.36. The molecule has 3 heterocycles. The molecule has 2 aliphatic rings. The van der Waals surface area contributed by atoms with Crippen LogP contribution < -0.4 is 10.5 Å². The van der Waals surface area contributed by atoms with Crippen molar-refractivity contribution in [2.45, 2.75) is 45.0 Å². The third-order valence-electron chi connectivity index (χ3n) is 6.42. The normalized spacial score (nSPS) is 23.8. The minimum Gasteiger partial charge on any atom is -0.402 e. The predicted octanol–water partition coefficient (Wildman–Crippen LogP) is 4.08. The molecule has 32 heavy (non-hydrogen) atoms. The summed E-state index contributed by atoms with van der Waals surface area (Å²) in [5.74, 6) is 0.746. The van der Waals surface area contributed by atoms with Gasteiger partial charge in [-0.3, -0.25) is 4.68 Å². The average molecular weight is 454 g/mol. The molecule has 1 saturated carbocycles. The highest BCUT2D eigenvalue weighted by atomic mass is 19.4. The molecule has 0 spiro atoms. The number of nitrogens with two attached hydrogens (primary N) is 1. The van der Waals surface area contributed by atoms with E-state index in [0.29, 0.717) is 29.0 Å². The van der Waals surface area contributed by atoms with Crippen LogP contribution in [0.4, 0.5) is 19.0 Å². The van der Waals surface area contributed by atoms with Crippen LogP contribution in [0.25, 0.3) is 11.3 Å². The first-order chi connectivity index (χ1) is 15.2. The topological polar surface area (TPSA) is 78.4 Å². The third-order valence-corrected chi connectivity index (χ3v) is 6.42. The van der Waals surface area contributed by atoms with Crippen molar-refractivity contribution < 1.29 is 22.6 Å². The van der Waals surface area contributed by atoms with Crippen molar-refractivity contribution in [2.75, 3.05) is 39.1 Å². The van der Waals surface area contributed by atoms with Crippen LogP contribution in [0, 0.1) is 11.8 Å². The number of anilines is 1. The molecule has 0 radical (unpaired) electrons. The summed E-state index contributed by atoms with van der Waals surface area (Å²) in [6.07, 6.45) is -1.07. The summed E-state index contributed by atoms with van der Waals surface area (Å²) in [5, 5.41) is 4.72. The van der Waals surface area contributed by atoms with Crippen molar-refractivity contribution in [3.63, 3.8) is 0 Å². The lowest BCUT2D eigenvalue weighted by atomic mass is 10.1. The number of fused-ring (bicyclic) bond motifs is 1. The number of methoxy groups -OCH3 is 1. The summed E-state index contributed by atoms with van der Waals surface area (Å²) in [5.41, 5.74) is 7.74. The van der Waals surface area contributed by atoms with Crippen molar-refractivity contribution in [2.24, 2.45) is 11.8 Å². The average Bonchev–Trinajstić information content (AvgIpc) is 3.26. The van der Waals surface area contributed by atoms with Crippen LogP contribution in [0.3, 0.4) is 0 Å². The van der Waals surface area contributed by atoms with Crippen LogP contribution in [0.5, 0.6) is 5.75 Å². The van der Waals surface area contributed by atoms with Crippen molar-refractivity contribution >= 4 is 5.82 Å². The number of halogens is 3. The molecule has 1 aliphatic heterocycles. The predicted molar refractivity (Wildman–Crippen MR) is 114 cm³/mol. The SMILES string of the molecule is COCCN1CCCC2C(C1)C2c1cc(-c2cnc(N)c(OC(F)(F)F)c2)nn1C(C)C. The number of hydrogen-bond donors (Lipinski definition) is 1. The maximum Gasteiger partial charge on any atom is 0.573 e. The highest BCUT2D eigenvalue weighted by Crippen LogP contribution is 2.58. The molecule has 2 N–H and O–H groups in total. The van der Waals surface area contributed by atoms with Gasteiger partial charge in [-0.15, -0.1) is 13.2 Å². The Morgan fingerprint density at radius 1 is 1.25 bits per heavy atom. The Hall–Kier alpha value is -2.33. The number of alkyl halides is 3. The molecular weight excluding hydrogens is 423 g/mol. The van der Waals surface area contributed by atoms with Gasteiger partial charge in [0.1, 0.15) is 0 Å². The molecule has 4 rings (SSSR count). The van der Waals surface area contributed by atoms with E-state index in [1.165, 1.54) is 18.7 Å². The van der Waals surface area contributed by atoms with Crippen LogP contribution >= 0.6 is 0 Å². The number of rotatable bonds is 7. The second-order valence-corrected chi connectivity index (χ2v) is 8.94. The third kappa shape index (κ3) is 4.85. The number of likely N-dealkylation sites (tertiary alicyclic amines) is 1. The molecular formula is C22H30F3N5O2. The molecule has 0 amide bonds. The Labute approximate surface area is 185 Å². The molecule has 3 atom stereocenters. The molecule has 2 aromatic rings. The Bertz CT molecular complexity index is 946. The maximum atomic E-state index is 12.7. The molecule has 10 heteroatoms. The molecule has 0 aromatic carbocycles. The molecule has 2 fully saturated rings. The largest absolute Gasteiger partial charge is 0.573 e. The van der Waals surface area contributed by atoms with E-state index in [1.54, 1.807) is 7.11 Å². The van der Waals surface area contributed by atoms with Crippen molar-refractivity contribution in [1.82, 2.24) is 19.7 Å². The fourth-order valence-electron chi connectivity index (χ4n) is 4.90. The van der Waals surface area contributed by atoms with Gasteiger partial charge in [-0.25, -0.2) is 4.98 Å². The fourth-order valence-corrected chi connectivity index (χ4v) is 4.90. The lowest BCUT2D eigenvalue weighted by Gasteiger charge is -2.21. The number of aromatic nitrogens is 3. The van der Waals surface area contributed by atoms with Crippen LogP contribution in [0.2, 0.25) is 0 Å². The van der Waals surface area contributed by atoms with E-state index < -0.39 is 12.1 Å². The molecule has 0 bridgehead atoms. The smallest absolute Gasteiger partial charge is 0.402 e. The van der Waals surface area contributed by atoms with E-state index in [-0.39, 0.29) is 11.9 Å². The second kappa shape index (κ2) is 8.90. The van der Waals surface area contributed by atoms with E-state index in [4.69, 9.17) is 15.6 Å². The van der Waals surface area contributed by atoms with Crippen LogP contribution in [-0.2, 0) is 4.74 Å². The lowest BCUT2D eigenvalue weighted by molar-refractivity contribution is -0.274. The summed E-state index contributed by atoms with van der Waals surface area (Å²) in [6.45, 7) is 7.90. The van der Waals surface area contributed by atoms with Crippen LogP contribution in [-0.4, -0.2) is 59.4 Å². The van der Waals surface area contributed by atoms with Gasteiger partial charge < -0.3 is 20.1 Å². The zero-order chi connectivity index (χ0) is 23.0. The summed E-state index contributed by atoms with van der Waals surface area (Å²) >= 11 is 0. The van der Waals surface area contributed by atoms with E-state index >= 15 is 0 Å². The van der Waals surface area contributed by atoms with Gasteiger partial charge >= 0.3 is 6.36 Å². The highest BCUT2D eigenvalue weighted by molar-refractivity contribution is 5.64. The van der Waals surface area contributed by atoms with Crippen LogP contribution in [0.1, 0.15) is 44.3 Å². The summed E-state index contributed by atoms with van der Waals surface area (Å²) in [7, 11) is 1.72. The molecule has 2 aromatic heterocycles. The zero-order valence-electron chi connectivity index (χ0n) is 18.6. The summed E-state index contributed by atoms with van der Waals surface area (Å²) in [6, 6.07) is 3.37. The first kappa shape index (κ1) is 22.8. The minimum absolute atomic E-state index is 0.126. The van der Waals surface area contributed by atoms with Gasteiger partial charge in [-0.1, -0.05) is 0 Å². The van der Waals surface area contributed by atoms with Gasteiger partial charge in [-0.05, 0) is 57.2 Å². The number of nitrogen functional groups attached to an aromatic ring is 1. The van der Waals surface area contributed by atoms with E-state index in [1.807, 2.05) is 10.7 Å². The number of hydrogen-bond acceptors (Lipinski definition) is 6. The van der Waals surface area contributed by atoms with E-state index in [2.05, 4.69) is 28.5 Å². The van der Waals surface area contributed by atoms with Gasteiger partial charge in [0, 0.05) is 49.6 Å². The zero-order valence-corrected chi connectivity index (χ0v) is 18.6. The number of ether oxygens (including phenoxy) is 2. The molecule has 176 valence electrons. The number of nitrogens with zero attached hydrogens (tertiary/aromatic N) is 4. The Morgan fingerprint density at radius 3 is 2.72 bits per heavy atom. The standard InChI is InChI=1S/C22H30F3N5O2/c1-13(2)30-18(20-15-5-4-6-29(7-8-31-3)12-16(15)20)10-17(28-30)14-9-19(21(26)27-11-14)32-22(23,24)25/h9-11,13,15-16,20H,4-8,12H2,1-3H3,(H2,26,27). The molecule has 7 nitrogen and oxygen atoms in total. The molecule has 1 aliphatic carbocycles. The Kier molecular flexibility index (Phi) is 6.35. The lowest BCUT2D eigenvalue weighted by Crippen LogP contribution is -2.30. The molecule has 1 saturated heterocycles. The molecule has 3 unspecified atom stereocenters. The Morgan fingerprint density at radius 2 is 2.03 bits per heavy atom. The monoisotopic (exact) mass is 453 g/mol. The van der Waals surface area contributed by atoms with Gasteiger partial charge in [0.05, 0.1) is 12.3 Å². The van der Waals surface area contributed by atoms with Crippen molar-refractivity contribution in [3.8, 4) is 17.0 Å².